The van der Waals surface area contributed by atoms with Gasteiger partial charge in [-0.25, -0.2) is 0 Å². The minimum absolute atomic E-state index is 0.134. The largest absolute Gasteiger partial charge is 0.322 e. The number of anilines is 1. The molecule has 9 heteroatoms. The molecule has 1 amide bonds. The van der Waals surface area contributed by atoms with E-state index >= 15 is 0 Å². The highest BCUT2D eigenvalue weighted by Crippen LogP contribution is 2.29. The normalized spacial score (nSPS) is 10.2. The maximum absolute atomic E-state index is 12.3. The molecule has 0 fully saturated rings. The van der Waals surface area contributed by atoms with Crippen LogP contribution in [-0.2, 0) is 0 Å². The van der Waals surface area contributed by atoms with Gasteiger partial charge in [0.2, 0.25) is 0 Å². The van der Waals surface area contributed by atoms with Gasteiger partial charge in [-0.1, -0.05) is 12.1 Å². The van der Waals surface area contributed by atoms with Crippen molar-refractivity contribution in [3.63, 3.8) is 0 Å². The Kier molecular flexibility index (Phi) is 4.87. The molecular weight excluding hydrogens is 330 g/mol. The number of amides is 1. The van der Waals surface area contributed by atoms with E-state index < -0.39 is 27.1 Å². The van der Waals surface area contributed by atoms with Gasteiger partial charge < -0.3 is 5.32 Å². The van der Waals surface area contributed by atoms with Crippen molar-refractivity contribution in [2.45, 2.75) is 13.8 Å². The predicted molar refractivity (Wildman–Crippen MR) is 88.9 cm³/mol. The van der Waals surface area contributed by atoms with E-state index in [-0.39, 0.29) is 16.9 Å². The Morgan fingerprint density at radius 3 is 2.00 bits per heavy atom. The van der Waals surface area contributed by atoms with Crippen molar-refractivity contribution in [3.05, 3.63) is 73.3 Å². The third kappa shape index (κ3) is 3.83. The van der Waals surface area contributed by atoms with Crippen LogP contribution in [-0.4, -0.2) is 21.5 Å². The molecule has 9 nitrogen and oxygen atoms in total. The number of Topliss-reactive ketones (excluding diaryl/α,β-unsaturated/α-hetero) is 1. The highest BCUT2D eigenvalue weighted by atomic mass is 16.6. The third-order valence-corrected chi connectivity index (χ3v) is 3.54. The average Bonchev–Trinajstić information content (AvgIpc) is 2.54. The number of nitro groups is 2. The molecule has 0 saturated heterocycles. The zero-order valence-corrected chi connectivity index (χ0v) is 13.3. The van der Waals surface area contributed by atoms with E-state index in [0.29, 0.717) is 11.3 Å². The summed E-state index contributed by atoms with van der Waals surface area (Å²) < 4.78 is 0. The fourth-order valence-corrected chi connectivity index (χ4v) is 2.21. The Bertz CT molecular complexity index is 871. The molecule has 0 spiro atoms. The SMILES string of the molecule is CC(=O)c1cccc(NC(=O)c2cc([N+](=O)[O-])c(C)c([N+](=O)[O-])c2)c1. The van der Waals surface area contributed by atoms with E-state index in [1.54, 1.807) is 12.1 Å². The van der Waals surface area contributed by atoms with Crippen LogP contribution in [0.1, 0.15) is 33.2 Å². The second-order valence-corrected chi connectivity index (χ2v) is 5.24. The summed E-state index contributed by atoms with van der Waals surface area (Å²) in [6, 6.07) is 8.06. The number of hydrogen-bond donors (Lipinski definition) is 1. The van der Waals surface area contributed by atoms with Crippen molar-refractivity contribution < 1.29 is 19.4 Å². The molecule has 2 aromatic rings. The van der Waals surface area contributed by atoms with Gasteiger partial charge in [0.1, 0.15) is 5.56 Å². The lowest BCUT2D eigenvalue weighted by Crippen LogP contribution is -2.13. The molecule has 0 radical (unpaired) electrons. The van der Waals surface area contributed by atoms with Crippen LogP contribution < -0.4 is 5.32 Å². The minimum Gasteiger partial charge on any atom is -0.322 e. The molecule has 128 valence electrons. The Hall–Kier alpha value is -3.62. The molecule has 0 atom stereocenters. The summed E-state index contributed by atoms with van der Waals surface area (Å²) in [5.74, 6) is -0.954. The van der Waals surface area contributed by atoms with Gasteiger partial charge in [-0.2, -0.15) is 0 Å². The van der Waals surface area contributed by atoms with E-state index in [1.807, 2.05) is 0 Å². The van der Waals surface area contributed by atoms with Crippen LogP contribution in [0, 0.1) is 27.2 Å². The summed E-state index contributed by atoms with van der Waals surface area (Å²) in [7, 11) is 0. The lowest BCUT2D eigenvalue weighted by molar-refractivity contribution is -0.395. The first kappa shape index (κ1) is 17.7. The molecule has 0 aromatic heterocycles. The molecule has 0 unspecified atom stereocenters. The number of ketones is 1. The fraction of sp³-hybridized carbons (Fsp3) is 0.125. The molecule has 1 N–H and O–H groups in total. The van der Waals surface area contributed by atoms with Crippen LogP contribution in [0.2, 0.25) is 0 Å². The number of hydrogen-bond acceptors (Lipinski definition) is 6. The van der Waals surface area contributed by atoms with Crippen molar-refractivity contribution in [1.29, 1.82) is 0 Å². The second kappa shape index (κ2) is 6.87. The highest BCUT2D eigenvalue weighted by molar-refractivity contribution is 6.06. The lowest BCUT2D eigenvalue weighted by atomic mass is 10.1. The first-order valence-corrected chi connectivity index (χ1v) is 7.06. The van der Waals surface area contributed by atoms with Crippen molar-refractivity contribution in [2.24, 2.45) is 0 Å². The third-order valence-electron chi connectivity index (χ3n) is 3.54. The standard InChI is InChI=1S/C16H13N3O6/c1-9-14(18(22)23)7-12(8-15(9)19(24)25)16(21)17-13-5-3-4-11(6-13)10(2)20/h3-8H,1-2H3,(H,17,21). The van der Waals surface area contributed by atoms with Crippen LogP contribution >= 0.6 is 0 Å². The Morgan fingerprint density at radius 1 is 0.960 bits per heavy atom. The number of nitrogens with one attached hydrogen (secondary N) is 1. The number of rotatable bonds is 5. The molecule has 0 aliphatic heterocycles. The monoisotopic (exact) mass is 343 g/mol. The van der Waals surface area contributed by atoms with Gasteiger partial charge in [-0.05, 0) is 26.0 Å². The summed E-state index contributed by atoms with van der Waals surface area (Å²) in [5.41, 5.74) is -0.724. The zero-order valence-electron chi connectivity index (χ0n) is 13.3. The first-order chi connectivity index (χ1) is 11.7. The number of nitrogens with zero attached hydrogens (tertiary/aromatic N) is 2. The first-order valence-electron chi connectivity index (χ1n) is 7.06. The molecule has 0 heterocycles. The Morgan fingerprint density at radius 2 is 1.52 bits per heavy atom. The van der Waals surface area contributed by atoms with Crippen LogP contribution in [0.25, 0.3) is 0 Å². The van der Waals surface area contributed by atoms with Gasteiger partial charge in [-0.15, -0.1) is 0 Å². The molecule has 2 aromatic carbocycles. The van der Waals surface area contributed by atoms with E-state index in [4.69, 9.17) is 0 Å². The van der Waals surface area contributed by atoms with Crippen molar-refractivity contribution >= 4 is 28.8 Å². The maximum Gasteiger partial charge on any atom is 0.279 e. The molecule has 2 rings (SSSR count). The molecule has 0 bridgehead atoms. The number of carbonyl (C=O) groups is 2. The lowest BCUT2D eigenvalue weighted by Gasteiger charge is -2.07. The van der Waals surface area contributed by atoms with Gasteiger partial charge in [0, 0.05) is 23.4 Å². The van der Waals surface area contributed by atoms with Gasteiger partial charge in [0.25, 0.3) is 17.3 Å². The van der Waals surface area contributed by atoms with Crippen LogP contribution in [0.15, 0.2) is 36.4 Å². The Balaban J connectivity index is 2.42. The maximum atomic E-state index is 12.3. The molecule has 0 aliphatic rings. The van der Waals surface area contributed by atoms with Gasteiger partial charge >= 0.3 is 0 Å². The minimum atomic E-state index is -0.782. The topological polar surface area (TPSA) is 132 Å². The van der Waals surface area contributed by atoms with Gasteiger partial charge in [0.05, 0.1) is 15.4 Å². The van der Waals surface area contributed by atoms with E-state index in [1.165, 1.54) is 26.0 Å². The van der Waals surface area contributed by atoms with E-state index in [0.717, 1.165) is 12.1 Å². The predicted octanol–water partition coefficient (Wildman–Crippen LogP) is 3.27. The summed E-state index contributed by atoms with van der Waals surface area (Å²) in [4.78, 5) is 44.2. The number of nitro benzene ring substituents is 2. The molecule has 0 aliphatic carbocycles. The summed E-state index contributed by atoms with van der Waals surface area (Å²) >= 11 is 0. The zero-order chi connectivity index (χ0) is 18.7. The van der Waals surface area contributed by atoms with Gasteiger partial charge in [-0.3, -0.25) is 29.8 Å². The second-order valence-electron chi connectivity index (χ2n) is 5.24. The molecule has 0 saturated carbocycles. The fourth-order valence-electron chi connectivity index (χ4n) is 2.21. The van der Waals surface area contributed by atoms with Crippen LogP contribution in [0.5, 0.6) is 0 Å². The van der Waals surface area contributed by atoms with Crippen molar-refractivity contribution in [1.82, 2.24) is 0 Å². The quantitative estimate of drug-likeness (QED) is 0.503. The van der Waals surface area contributed by atoms with Crippen molar-refractivity contribution in [2.75, 3.05) is 5.32 Å². The van der Waals surface area contributed by atoms with Crippen molar-refractivity contribution in [3.8, 4) is 0 Å². The summed E-state index contributed by atoms with van der Waals surface area (Å²) in [6.07, 6.45) is 0. The van der Waals surface area contributed by atoms with Crippen LogP contribution in [0.4, 0.5) is 17.1 Å². The molecular formula is C16H13N3O6. The van der Waals surface area contributed by atoms with Crippen LogP contribution in [0.3, 0.4) is 0 Å². The smallest absolute Gasteiger partial charge is 0.279 e. The summed E-state index contributed by atoms with van der Waals surface area (Å²) in [6.45, 7) is 2.61. The highest BCUT2D eigenvalue weighted by Gasteiger charge is 2.25. The molecule has 25 heavy (non-hydrogen) atoms. The Labute approximate surface area is 141 Å². The number of benzene rings is 2. The van der Waals surface area contributed by atoms with E-state index in [9.17, 15) is 29.8 Å². The van der Waals surface area contributed by atoms with Gasteiger partial charge in [0.15, 0.2) is 5.78 Å². The average molecular weight is 343 g/mol. The van der Waals surface area contributed by atoms with E-state index in [2.05, 4.69) is 5.32 Å². The number of carbonyl (C=O) groups excluding carboxylic acids is 2. The summed E-state index contributed by atoms with van der Waals surface area (Å²) in [5, 5.41) is 24.6.